The molecule has 0 bridgehead atoms. The Morgan fingerprint density at radius 3 is 3.12 bits per heavy atom. The Morgan fingerprint density at radius 1 is 1.56 bits per heavy atom. The van der Waals surface area contributed by atoms with Gasteiger partial charge in [-0.1, -0.05) is 12.1 Å². The number of ether oxygens (including phenoxy) is 1. The van der Waals surface area contributed by atoms with E-state index in [1.807, 2.05) is 6.07 Å². The fraction of sp³-hybridized carbons (Fsp3) is 0.462. The highest BCUT2D eigenvalue weighted by Gasteiger charge is 2.24. The summed E-state index contributed by atoms with van der Waals surface area (Å²) in [6, 6.07) is 8.67. The first-order valence-electron chi connectivity index (χ1n) is 5.56. The molecule has 1 aromatic rings. The van der Waals surface area contributed by atoms with Crippen molar-refractivity contribution in [3.63, 3.8) is 0 Å². The number of hydrogen-bond donors (Lipinski definition) is 0. The average molecular weight is 216 g/mol. The Bertz CT molecular complexity index is 422. The van der Waals surface area contributed by atoms with Crippen molar-refractivity contribution in [2.24, 2.45) is 0 Å². The Morgan fingerprint density at radius 2 is 2.38 bits per heavy atom. The summed E-state index contributed by atoms with van der Waals surface area (Å²) in [5.74, 6) is 0.984. The molecule has 0 saturated carbocycles. The smallest absolute Gasteiger partial charge is 0.145 e. The van der Waals surface area contributed by atoms with Crippen LogP contribution in [0.1, 0.15) is 18.4 Å². The number of benzene rings is 1. The van der Waals surface area contributed by atoms with E-state index in [1.165, 1.54) is 5.56 Å². The fourth-order valence-electron chi connectivity index (χ4n) is 2.10. The highest BCUT2D eigenvalue weighted by atomic mass is 16.5. The number of nitrogens with zero attached hydrogens (tertiary/aromatic N) is 2. The van der Waals surface area contributed by atoms with E-state index in [4.69, 9.17) is 10.00 Å². The normalized spacial score (nSPS) is 18.6. The molecule has 1 aliphatic heterocycles. The molecule has 3 nitrogen and oxygen atoms in total. The lowest BCUT2D eigenvalue weighted by atomic mass is 10.1. The van der Waals surface area contributed by atoms with Crippen molar-refractivity contribution in [3.8, 4) is 11.8 Å². The first kappa shape index (κ1) is 10.8. The second-order valence-electron chi connectivity index (χ2n) is 4.20. The summed E-state index contributed by atoms with van der Waals surface area (Å²) in [6.07, 6.45) is 1.44. The minimum atomic E-state index is 0.314. The standard InChI is InChI=1S/C13H16N2O/c1-10-5-3-7-12-13(10)16-9-11(15(12)2)6-4-8-14/h3,5,7,11H,4,6,9H2,1-2H3. The monoisotopic (exact) mass is 216 g/mol. The second-order valence-corrected chi connectivity index (χ2v) is 4.20. The molecule has 0 fully saturated rings. The van der Waals surface area contributed by atoms with Crippen LogP contribution in [-0.2, 0) is 0 Å². The van der Waals surface area contributed by atoms with Crippen molar-refractivity contribution in [1.29, 1.82) is 5.26 Å². The molecule has 16 heavy (non-hydrogen) atoms. The van der Waals surface area contributed by atoms with Crippen LogP contribution in [0, 0.1) is 18.3 Å². The van der Waals surface area contributed by atoms with E-state index in [0.29, 0.717) is 19.1 Å². The maximum atomic E-state index is 8.61. The second kappa shape index (κ2) is 4.44. The van der Waals surface area contributed by atoms with Gasteiger partial charge in [-0.15, -0.1) is 0 Å². The van der Waals surface area contributed by atoms with Crippen LogP contribution in [0.15, 0.2) is 18.2 Å². The molecule has 1 aromatic carbocycles. The van der Waals surface area contributed by atoms with Gasteiger partial charge in [0.25, 0.3) is 0 Å². The molecule has 0 spiro atoms. The molecule has 0 saturated heterocycles. The molecule has 0 aliphatic carbocycles. The van der Waals surface area contributed by atoms with Crippen molar-refractivity contribution in [1.82, 2.24) is 0 Å². The van der Waals surface area contributed by atoms with E-state index in [2.05, 4.69) is 37.1 Å². The first-order valence-corrected chi connectivity index (χ1v) is 5.56. The quantitative estimate of drug-likeness (QED) is 0.762. The van der Waals surface area contributed by atoms with Gasteiger partial charge in [0.2, 0.25) is 0 Å². The topological polar surface area (TPSA) is 36.3 Å². The van der Waals surface area contributed by atoms with Crippen LogP contribution in [0.3, 0.4) is 0 Å². The number of rotatable bonds is 2. The van der Waals surface area contributed by atoms with Crippen LogP contribution in [0.25, 0.3) is 0 Å². The van der Waals surface area contributed by atoms with Gasteiger partial charge in [-0.2, -0.15) is 5.26 Å². The van der Waals surface area contributed by atoms with Crippen LogP contribution in [0.5, 0.6) is 5.75 Å². The van der Waals surface area contributed by atoms with Crippen molar-refractivity contribution < 1.29 is 4.74 Å². The Balaban J connectivity index is 2.22. The lowest BCUT2D eigenvalue weighted by molar-refractivity contribution is 0.259. The minimum absolute atomic E-state index is 0.314. The molecule has 0 radical (unpaired) electrons. The highest BCUT2D eigenvalue weighted by Crippen LogP contribution is 2.36. The lowest BCUT2D eigenvalue weighted by Crippen LogP contribution is -2.40. The Hall–Kier alpha value is -1.69. The predicted molar refractivity (Wildman–Crippen MR) is 63.7 cm³/mol. The summed E-state index contributed by atoms with van der Waals surface area (Å²) in [4.78, 5) is 2.23. The van der Waals surface area contributed by atoms with Gasteiger partial charge in [-0.25, -0.2) is 0 Å². The SMILES string of the molecule is Cc1cccc2c1OCC(CCC#N)N2C. The summed E-state index contributed by atoms with van der Waals surface area (Å²) in [6.45, 7) is 2.73. The van der Waals surface area contributed by atoms with E-state index in [-0.39, 0.29) is 0 Å². The molecule has 3 heteroatoms. The Kier molecular flexibility index (Phi) is 3.00. The van der Waals surface area contributed by atoms with Crippen molar-refractivity contribution in [2.45, 2.75) is 25.8 Å². The molecular formula is C13H16N2O. The molecule has 1 heterocycles. The molecule has 1 aliphatic rings. The highest BCUT2D eigenvalue weighted by molar-refractivity contribution is 5.63. The van der Waals surface area contributed by atoms with Gasteiger partial charge in [0.15, 0.2) is 0 Å². The van der Waals surface area contributed by atoms with Crippen LogP contribution in [0.4, 0.5) is 5.69 Å². The molecule has 1 unspecified atom stereocenters. The molecular weight excluding hydrogens is 200 g/mol. The van der Waals surface area contributed by atoms with Gasteiger partial charge >= 0.3 is 0 Å². The Labute approximate surface area is 96.2 Å². The molecule has 0 N–H and O–H groups in total. The van der Waals surface area contributed by atoms with E-state index >= 15 is 0 Å². The third kappa shape index (κ3) is 1.83. The number of anilines is 1. The zero-order valence-electron chi connectivity index (χ0n) is 9.73. The van der Waals surface area contributed by atoms with Crippen molar-refractivity contribution in [3.05, 3.63) is 23.8 Å². The minimum Gasteiger partial charge on any atom is -0.489 e. The van der Waals surface area contributed by atoms with Gasteiger partial charge < -0.3 is 9.64 Å². The van der Waals surface area contributed by atoms with Gasteiger partial charge in [0.1, 0.15) is 12.4 Å². The zero-order valence-corrected chi connectivity index (χ0v) is 9.73. The molecule has 84 valence electrons. The maximum absolute atomic E-state index is 8.61. The summed E-state index contributed by atoms with van der Waals surface area (Å²) < 4.78 is 5.78. The predicted octanol–water partition coefficient (Wildman–Crippen LogP) is 2.50. The third-order valence-corrected chi connectivity index (χ3v) is 3.13. The van der Waals surface area contributed by atoms with E-state index in [9.17, 15) is 0 Å². The van der Waals surface area contributed by atoms with Crippen LogP contribution >= 0.6 is 0 Å². The number of fused-ring (bicyclic) bond motifs is 1. The molecule has 1 atom stereocenters. The van der Waals surface area contributed by atoms with Crippen molar-refractivity contribution in [2.75, 3.05) is 18.6 Å². The number of likely N-dealkylation sites (N-methyl/N-ethyl adjacent to an activating group) is 1. The van der Waals surface area contributed by atoms with E-state index in [1.54, 1.807) is 0 Å². The van der Waals surface area contributed by atoms with Gasteiger partial charge in [0.05, 0.1) is 17.8 Å². The van der Waals surface area contributed by atoms with Gasteiger partial charge in [0, 0.05) is 13.5 Å². The van der Waals surface area contributed by atoms with Crippen LogP contribution in [0.2, 0.25) is 0 Å². The molecule has 0 amide bonds. The summed E-state index contributed by atoms with van der Waals surface area (Å²) in [5.41, 5.74) is 2.30. The van der Waals surface area contributed by atoms with E-state index in [0.717, 1.165) is 17.9 Å². The van der Waals surface area contributed by atoms with Gasteiger partial charge in [-0.05, 0) is 25.0 Å². The fourth-order valence-corrected chi connectivity index (χ4v) is 2.10. The molecule has 2 rings (SSSR count). The maximum Gasteiger partial charge on any atom is 0.145 e. The number of hydrogen-bond acceptors (Lipinski definition) is 3. The lowest BCUT2D eigenvalue weighted by Gasteiger charge is -2.36. The number of para-hydroxylation sites is 1. The summed E-state index contributed by atoms with van der Waals surface area (Å²) >= 11 is 0. The largest absolute Gasteiger partial charge is 0.489 e. The van der Waals surface area contributed by atoms with E-state index < -0.39 is 0 Å². The first-order chi connectivity index (χ1) is 7.74. The number of aryl methyl sites for hydroxylation is 1. The van der Waals surface area contributed by atoms with Crippen molar-refractivity contribution >= 4 is 5.69 Å². The molecule has 0 aromatic heterocycles. The van der Waals surface area contributed by atoms with Gasteiger partial charge in [-0.3, -0.25) is 0 Å². The van der Waals surface area contributed by atoms with Crippen LogP contribution < -0.4 is 9.64 Å². The van der Waals surface area contributed by atoms with Crippen LogP contribution in [-0.4, -0.2) is 19.7 Å². The summed E-state index contributed by atoms with van der Waals surface area (Å²) in [5, 5.41) is 8.61. The summed E-state index contributed by atoms with van der Waals surface area (Å²) in [7, 11) is 2.07. The zero-order chi connectivity index (χ0) is 11.5. The third-order valence-electron chi connectivity index (χ3n) is 3.13. The average Bonchev–Trinajstić information content (AvgIpc) is 2.29. The number of nitriles is 1.